The van der Waals surface area contributed by atoms with Gasteiger partial charge in [-0.15, -0.1) is 0 Å². The van der Waals surface area contributed by atoms with E-state index in [-0.39, 0.29) is 11.9 Å². The SMILES string of the molecule is CC(C)CC(NC(=O)c1ccc(-n2cncn2)cc1)c1ccccc1. The summed E-state index contributed by atoms with van der Waals surface area (Å²) < 4.78 is 1.66. The molecule has 0 saturated heterocycles. The van der Waals surface area contributed by atoms with Crippen molar-refractivity contribution >= 4 is 5.91 Å². The molecule has 1 aromatic heterocycles. The molecule has 5 nitrogen and oxygen atoms in total. The first kappa shape index (κ1) is 16.9. The molecule has 1 unspecified atom stereocenters. The molecule has 3 aromatic rings. The van der Waals surface area contributed by atoms with Gasteiger partial charge in [0.25, 0.3) is 5.91 Å². The van der Waals surface area contributed by atoms with E-state index in [9.17, 15) is 4.79 Å². The fourth-order valence-corrected chi connectivity index (χ4v) is 2.78. The Morgan fingerprint density at radius 1 is 1.08 bits per heavy atom. The molecule has 1 heterocycles. The van der Waals surface area contributed by atoms with Crippen LogP contribution in [0.5, 0.6) is 0 Å². The Morgan fingerprint density at radius 2 is 1.80 bits per heavy atom. The van der Waals surface area contributed by atoms with Crippen LogP contribution in [0.1, 0.15) is 42.2 Å². The number of nitrogens with zero attached hydrogens (tertiary/aromatic N) is 3. The third kappa shape index (κ3) is 4.32. The Balaban J connectivity index is 1.74. The van der Waals surface area contributed by atoms with Gasteiger partial charge >= 0.3 is 0 Å². The summed E-state index contributed by atoms with van der Waals surface area (Å²) in [5, 5.41) is 7.25. The van der Waals surface area contributed by atoms with Crippen molar-refractivity contribution in [3.05, 3.63) is 78.4 Å². The molecule has 3 rings (SSSR count). The maximum absolute atomic E-state index is 12.7. The highest BCUT2D eigenvalue weighted by Gasteiger charge is 2.17. The van der Waals surface area contributed by atoms with Gasteiger partial charge in [0.05, 0.1) is 11.7 Å². The lowest BCUT2D eigenvalue weighted by Crippen LogP contribution is -2.29. The van der Waals surface area contributed by atoms with Crippen LogP contribution in [0.15, 0.2) is 67.3 Å². The monoisotopic (exact) mass is 334 g/mol. The lowest BCUT2D eigenvalue weighted by molar-refractivity contribution is 0.0932. The number of carbonyl (C=O) groups is 1. The van der Waals surface area contributed by atoms with Crippen LogP contribution in [0.4, 0.5) is 0 Å². The van der Waals surface area contributed by atoms with Crippen molar-refractivity contribution in [1.82, 2.24) is 20.1 Å². The maximum Gasteiger partial charge on any atom is 0.251 e. The van der Waals surface area contributed by atoms with Crippen LogP contribution >= 0.6 is 0 Å². The second-order valence-electron chi connectivity index (χ2n) is 6.45. The first-order chi connectivity index (χ1) is 12.1. The van der Waals surface area contributed by atoms with E-state index in [0.717, 1.165) is 17.7 Å². The lowest BCUT2D eigenvalue weighted by Gasteiger charge is -2.21. The van der Waals surface area contributed by atoms with E-state index in [0.29, 0.717) is 11.5 Å². The largest absolute Gasteiger partial charge is 0.345 e. The second kappa shape index (κ2) is 7.75. The summed E-state index contributed by atoms with van der Waals surface area (Å²) in [6, 6.07) is 17.5. The fourth-order valence-electron chi connectivity index (χ4n) is 2.78. The average molecular weight is 334 g/mol. The van der Waals surface area contributed by atoms with Gasteiger partial charge in [-0.05, 0) is 42.2 Å². The molecule has 0 aliphatic heterocycles. The molecule has 0 aliphatic rings. The smallest absolute Gasteiger partial charge is 0.251 e. The van der Waals surface area contributed by atoms with Crippen LogP contribution in [0.3, 0.4) is 0 Å². The molecular weight excluding hydrogens is 312 g/mol. The highest BCUT2D eigenvalue weighted by molar-refractivity contribution is 5.94. The molecule has 0 spiro atoms. The van der Waals surface area contributed by atoms with E-state index in [4.69, 9.17) is 0 Å². The Labute approximate surface area is 147 Å². The summed E-state index contributed by atoms with van der Waals surface area (Å²) in [5.41, 5.74) is 2.63. The highest BCUT2D eigenvalue weighted by atomic mass is 16.1. The zero-order valence-electron chi connectivity index (χ0n) is 14.5. The van der Waals surface area contributed by atoms with E-state index in [1.165, 1.54) is 6.33 Å². The zero-order chi connectivity index (χ0) is 17.6. The lowest BCUT2D eigenvalue weighted by atomic mass is 9.96. The van der Waals surface area contributed by atoms with Gasteiger partial charge in [-0.2, -0.15) is 5.10 Å². The van der Waals surface area contributed by atoms with Gasteiger partial charge in [-0.1, -0.05) is 44.2 Å². The van der Waals surface area contributed by atoms with Gasteiger partial charge in [-0.3, -0.25) is 4.79 Å². The number of hydrogen-bond donors (Lipinski definition) is 1. The molecule has 0 saturated carbocycles. The molecule has 1 N–H and O–H groups in total. The van der Waals surface area contributed by atoms with Crippen LogP contribution in [0.25, 0.3) is 5.69 Å². The molecule has 0 aliphatic carbocycles. The van der Waals surface area contributed by atoms with Crippen molar-refractivity contribution in [2.75, 3.05) is 0 Å². The Hall–Kier alpha value is -2.95. The number of amides is 1. The van der Waals surface area contributed by atoms with Crippen molar-refractivity contribution < 1.29 is 4.79 Å². The first-order valence-corrected chi connectivity index (χ1v) is 8.44. The quantitative estimate of drug-likeness (QED) is 0.746. The molecule has 5 heteroatoms. The molecule has 25 heavy (non-hydrogen) atoms. The minimum absolute atomic E-state index is 0.00342. The van der Waals surface area contributed by atoms with E-state index >= 15 is 0 Å². The maximum atomic E-state index is 12.7. The standard InChI is InChI=1S/C20H22N4O/c1-15(2)12-19(16-6-4-3-5-7-16)23-20(25)17-8-10-18(11-9-17)24-14-21-13-22-24/h3-11,13-15,19H,12H2,1-2H3,(H,23,25). The van der Waals surface area contributed by atoms with E-state index in [1.54, 1.807) is 11.0 Å². The molecule has 2 aromatic carbocycles. The van der Waals surface area contributed by atoms with Crippen molar-refractivity contribution in [3.63, 3.8) is 0 Å². The van der Waals surface area contributed by atoms with E-state index in [1.807, 2.05) is 42.5 Å². The summed E-state index contributed by atoms with van der Waals surface area (Å²) in [6.07, 6.45) is 4.01. The highest BCUT2D eigenvalue weighted by Crippen LogP contribution is 2.21. The molecule has 1 atom stereocenters. The number of carbonyl (C=O) groups excluding carboxylic acids is 1. The minimum Gasteiger partial charge on any atom is -0.345 e. The van der Waals surface area contributed by atoms with Crippen LogP contribution in [0, 0.1) is 5.92 Å². The molecule has 1 amide bonds. The van der Waals surface area contributed by atoms with Gasteiger partial charge in [0.2, 0.25) is 0 Å². The number of hydrogen-bond acceptors (Lipinski definition) is 3. The van der Waals surface area contributed by atoms with E-state index < -0.39 is 0 Å². The summed E-state index contributed by atoms with van der Waals surface area (Å²) in [5.74, 6) is 0.417. The van der Waals surface area contributed by atoms with Crippen LogP contribution < -0.4 is 5.32 Å². The Kier molecular flexibility index (Phi) is 5.23. The summed E-state index contributed by atoms with van der Waals surface area (Å²) in [7, 11) is 0. The summed E-state index contributed by atoms with van der Waals surface area (Å²) in [4.78, 5) is 16.6. The Bertz CT molecular complexity index is 795. The number of rotatable bonds is 6. The first-order valence-electron chi connectivity index (χ1n) is 8.44. The topological polar surface area (TPSA) is 59.8 Å². The zero-order valence-corrected chi connectivity index (χ0v) is 14.5. The van der Waals surface area contributed by atoms with Gasteiger partial charge in [0.1, 0.15) is 12.7 Å². The predicted molar refractivity (Wildman–Crippen MR) is 97.5 cm³/mol. The molecular formula is C20H22N4O. The van der Waals surface area contributed by atoms with Gasteiger partial charge in [0, 0.05) is 5.56 Å². The third-order valence-electron chi connectivity index (χ3n) is 4.03. The molecule has 0 bridgehead atoms. The molecule has 0 radical (unpaired) electrons. The average Bonchev–Trinajstić information content (AvgIpc) is 3.16. The van der Waals surface area contributed by atoms with Gasteiger partial charge in [0.15, 0.2) is 0 Å². The van der Waals surface area contributed by atoms with Crippen molar-refractivity contribution in [2.45, 2.75) is 26.3 Å². The summed E-state index contributed by atoms with van der Waals surface area (Å²) >= 11 is 0. The van der Waals surface area contributed by atoms with Gasteiger partial charge < -0.3 is 5.32 Å². The number of aromatic nitrogens is 3. The molecule has 128 valence electrons. The Morgan fingerprint density at radius 3 is 2.40 bits per heavy atom. The predicted octanol–water partition coefficient (Wildman–Crippen LogP) is 3.78. The van der Waals surface area contributed by atoms with Crippen molar-refractivity contribution in [1.29, 1.82) is 0 Å². The van der Waals surface area contributed by atoms with Crippen LogP contribution in [-0.2, 0) is 0 Å². The van der Waals surface area contributed by atoms with Crippen LogP contribution in [-0.4, -0.2) is 20.7 Å². The minimum atomic E-state index is -0.0698. The second-order valence-corrected chi connectivity index (χ2v) is 6.45. The fraction of sp³-hybridized carbons (Fsp3) is 0.250. The molecule has 0 fully saturated rings. The summed E-state index contributed by atoms with van der Waals surface area (Å²) in [6.45, 7) is 4.32. The van der Waals surface area contributed by atoms with Crippen molar-refractivity contribution in [2.24, 2.45) is 5.92 Å². The third-order valence-corrected chi connectivity index (χ3v) is 4.03. The van der Waals surface area contributed by atoms with E-state index in [2.05, 4.69) is 41.4 Å². The number of benzene rings is 2. The van der Waals surface area contributed by atoms with Crippen molar-refractivity contribution in [3.8, 4) is 5.69 Å². The van der Waals surface area contributed by atoms with Gasteiger partial charge in [-0.25, -0.2) is 9.67 Å². The normalized spacial score (nSPS) is 12.1. The van der Waals surface area contributed by atoms with Crippen LogP contribution in [0.2, 0.25) is 0 Å². The number of nitrogens with one attached hydrogen (secondary N) is 1.